The molecule has 0 spiro atoms. The number of aromatic nitrogens is 2. The summed E-state index contributed by atoms with van der Waals surface area (Å²) in [5.41, 5.74) is 7.62. The van der Waals surface area contributed by atoms with E-state index in [1.165, 1.54) is 12.8 Å². The van der Waals surface area contributed by atoms with Crippen LogP contribution in [0.15, 0.2) is 28.9 Å². The lowest BCUT2D eigenvalue weighted by Crippen LogP contribution is -2.27. The van der Waals surface area contributed by atoms with Crippen LogP contribution in [0.3, 0.4) is 0 Å². The van der Waals surface area contributed by atoms with E-state index in [9.17, 15) is 0 Å². The molecule has 1 atom stereocenters. The van der Waals surface area contributed by atoms with E-state index in [1.807, 2.05) is 18.2 Å². The second-order valence-electron chi connectivity index (χ2n) is 4.66. The number of nitrogens with two attached hydrogens (primary N) is 1. The van der Waals surface area contributed by atoms with E-state index in [0.717, 1.165) is 23.7 Å². The van der Waals surface area contributed by atoms with E-state index in [4.69, 9.17) is 10.2 Å². The molecule has 2 N–H and O–H groups in total. The van der Waals surface area contributed by atoms with E-state index in [-0.39, 0.29) is 0 Å². The van der Waals surface area contributed by atoms with E-state index in [0.29, 0.717) is 11.9 Å². The highest BCUT2D eigenvalue weighted by Crippen LogP contribution is 2.31. The Hall–Kier alpha value is -2.04. The molecule has 0 bridgehead atoms. The van der Waals surface area contributed by atoms with Gasteiger partial charge in [0.1, 0.15) is 5.69 Å². The Balaban J connectivity index is 2.01. The van der Waals surface area contributed by atoms with Crippen LogP contribution in [0.4, 0.5) is 11.5 Å². The van der Waals surface area contributed by atoms with Gasteiger partial charge >= 0.3 is 0 Å². The molecule has 0 amide bonds. The second-order valence-corrected chi connectivity index (χ2v) is 4.66. The van der Waals surface area contributed by atoms with Crippen molar-refractivity contribution in [1.82, 2.24) is 10.2 Å². The van der Waals surface area contributed by atoms with E-state index < -0.39 is 0 Å². The molecule has 5 heteroatoms. The van der Waals surface area contributed by atoms with Crippen molar-refractivity contribution in [3.8, 4) is 11.5 Å². The molecule has 2 aromatic heterocycles. The fourth-order valence-electron chi connectivity index (χ4n) is 2.46. The van der Waals surface area contributed by atoms with Gasteiger partial charge in [-0.2, -0.15) is 0 Å². The molecule has 3 rings (SSSR count). The zero-order chi connectivity index (χ0) is 12.5. The maximum absolute atomic E-state index is 5.94. The minimum atomic E-state index is 0.485. The van der Waals surface area contributed by atoms with Crippen LogP contribution in [0.2, 0.25) is 0 Å². The molecule has 94 valence electrons. The van der Waals surface area contributed by atoms with Crippen molar-refractivity contribution in [3.63, 3.8) is 0 Å². The highest BCUT2D eigenvalue weighted by molar-refractivity contribution is 5.69. The number of anilines is 2. The summed E-state index contributed by atoms with van der Waals surface area (Å²) in [4.78, 5) is 2.29. The fourth-order valence-corrected chi connectivity index (χ4v) is 2.46. The van der Waals surface area contributed by atoms with Gasteiger partial charge in [-0.05, 0) is 38.0 Å². The SMILES string of the molecule is C[C@@H]1CCCN1c1cc(-c2ccco2)nnc1N. The smallest absolute Gasteiger partial charge is 0.169 e. The lowest BCUT2D eigenvalue weighted by Gasteiger charge is -2.24. The summed E-state index contributed by atoms with van der Waals surface area (Å²) < 4.78 is 5.34. The van der Waals surface area contributed by atoms with Crippen molar-refractivity contribution >= 4 is 11.5 Å². The molecule has 0 radical (unpaired) electrons. The summed E-state index contributed by atoms with van der Waals surface area (Å²) in [5, 5.41) is 8.12. The zero-order valence-corrected chi connectivity index (χ0v) is 10.3. The Morgan fingerprint density at radius 1 is 1.44 bits per heavy atom. The minimum Gasteiger partial charge on any atom is -0.463 e. The Bertz CT molecular complexity index is 538. The molecule has 2 aromatic rings. The number of nitrogens with zero attached hydrogens (tertiary/aromatic N) is 3. The molecule has 5 nitrogen and oxygen atoms in total. The van der Waals surface area contributed by atoms with Gasteiger partial charge in [0.25, 0.3) is 0 Å². The number of nitrogen functional groups attached to an aromatic ring is 1. The third kappa shape index (κ3) is 1.81. The summed E-state index contributed by atoms with van der Waals surface area (Å²) in [5.74, 6) is 1.20. The topological polar surface area (TPSA) is 68.2 Å². The first kappa shape index (κ1) is 11.1. The normalized spacial score (nSPS) is 19.4. The van der Waals surface area contributed by atoms with Crippen LogP contribution in [-0.2, 0) is 0 Å². The predicted octanol–water partition coefficient (Wildman–Crippen LogP) is 2.31. The van der Waals surface area contributed by atoms with Gasteiger partial charge < -0.3 is 15.1 Å². The molecular weight excluding hydrogens is 228 g/mol. The average Bonchev–Trinajstić information content (AvgIpc) is 3.01. The van der Waals surface area contributed by atoms with Crippen LogP contribution in [0.1, 0.15) is 19.8 Å². The van der Waals surface area contributed by atoms with E-state index in [2.05, 4.69) is 22.0 Å². The number of hydrogen-bond acceptors (Lipinski definition) is 5. The number of rotatable bonds is 2. The van der Waals surface area contributed by atoms with Crippen LogP contribution in [0.5, 0.6) is 0 Å². The third-order valence-corrected chi connectivity index (χ3v) is 3.44. The van der Waals surface area contributed by atoms with Crippen molar-refractivity contribution in [2.24, 2.45) is 0 Å². The zero-order valence-electron chi connectivity index (χ0n) is 10.3. The van der Waals surface area contributed by atoms with Gasteiger partial charge in [-0.15, -0.1) is 10.2 Å². The van der Waals surface area contributed by atoms with Gasteiger partial charge in [-0.25, -0.2) is 0 Å². The molecular formula is C13H16N4O. The molecule has 0 unspecified atom stereocenters. The van der Waals surface area contributed by atoms with Crippen LogP contribution in [-0.4, -0.2) is 22.8 Å². The van der Waals surface area contributed by atoms with Gasteiger partial charge in [0.05, 0.1) is 12.0 Å². The third-order valence-electron chi connectivity index (χ3n) is 3.44. The molecule has 3 heterocycles. The van der Waals surface area contributed by atoms with Crippen molar-refractivity contribution in [2.45, 2.75) is 25.8 Å². The maximum Gasteiger partial charge on any atom is 0.169 e. The van der Waals surface area contributed by atoms with Crippen molar-refractivity contribution in [3.05, 3.63) is 24.5 Å². The van der Waals surface area contributed by atoms with Crippen LogP contribution < -0.4 is 10.6 Å². The van der Waals surface area contributed by atoms with E-state index in [1.54, 1.807) is 6.26 Å². The first-order chi connectivity index (χ1) is 8.75. The monoisotopic (exact) mass is 244 g/mol. The standard InChI is InChI=1S/C13H16N4O/c1-9-4-2-6-17(9)11-8-10(15-16-13(11)14)12-5-3-7-18-12/h3,5,7-9H,2,4,6H2,1H3,(H2,14,16)/t9-/m1/s1. The first-order valence-corrected chi connectivity index (χ1v) is 6.19. The number of furan rings is 1. The van der Waals surface area contributed by atoms with Crippen LogP contribution in [0, 0.1) is 0 Å². The summed E-state index contributed by atoms with van der Waals surface area (Å²) in [7, 11) is 0. The highest BCUT2D eigenvalue weighted by Gasteiger charge is 2.23. The second kappa shape index (κ2) is 4.33. The lowest BCUT2D eigenvalue weighted by atomic mass is 10.2. The van der Waals surface area contributed by atoms with Crippen LogP contribution >= 0.6 is 0 Å². The van der Waals surface area contributed by atoms with Crippen molar-refractivity contribution in [1.29, 1.82) is 0 Å². The summed E-state index contributed by atoms with van der Waals surface area (Å²) in [6.07, 6.45) is 4.02. The summed E-state index contributed by atoms with van der Waals surface area (Å²) in [6.45, 7) is 3.23. The van der Waals surface area contributed by atoms with Crippen molar-refractivity contribution < 1.29 is 4.42 Å². The molecule has 0 aliphatic carbocycles. The fraction of sp³-hybridized carbons (Fsp3) is 0.385. The van der Waals surface area contributed by atoms with E-state index >= 15 is 0 Å². The quantitative estimate of drug-likeness (QED) is 0.878. The highest BCUT2D eigenvalue weighted by atomic mass is 16.3. The summed E-state index contributed by atoms with van der Waals surface area (Å²) in [6, 6.07) is 6.17. The summed E-state index contributed by atoms with van der Waals surface area (Å²) >= 11 is 0. The van der Waals surface area contributed by atoms with Gasteiger partial charge in [0, 0.05) is 12.6 Å². The molecule has 1 fully saturated rings. The van der Waals surface area contributed by atoms with Crippen molar-refractivity contribution in [2.75, 3.05) is 17.2 Å². The molecule has 18 heavy (non-hydrogen) atoms. The van der Waals surface area contributed by atoms with Gasteiger partial charge in [0.2, 0.25) is 0 Å². The van der Waals surface area contributed by atoms with Gasteiger partial charge in [-0.3, -0.25) is 0 Å². The average molecular weight is 244 g/mol. The first-order valence-electron chi connectivity index (χ1n) is 6.19. The molecule has 1 saturated heterocycles. The van der Waals surface area contributed by atoms with Crippen LogP contribution in [0.25, 0.3) is 11.5 Å². The number of hydrogen-bond donors (Lipinski definition) is 1. The predicted molar refractivity (Wildman–Crippen MR) is 70.2 cm³/mol. The van der Waals surface area contributed by atoms with Gasteiger partial charge in [0.15, 0.2) is 11.6 Å². The Kier molecular flexibility index (Phi) is 2.66. The Morgan fingerprint density at radius 3 is 3.00 bits per heavy atom. The largest absolute Gasteiger partial charge is 0.463 e. The molecule has 1 aliphatic rings. The van der Waals surface area contributed by atoms with Gasteiger partial charge in [-0.1, -0.05) is 0 Å². The molecule has 0 aromatic carbocycles. The lowest BCUT2D eigenvalue weighted by molar-refractivity contribution is 0.579. The Morgan fingerprint density at radius 2 is 2.33 bits per heavy atom. The Labute approximate surface area is 106 Å². The molecule has 1 aliphatic heterocycles. The minimum absolute atomic E-state index is 0.485. The molecule has 0 saturated carbocycles. The maximum atomic E-state index is 5.94.